The van der Waals surface area contributed by atoms with Crippen LogP contribution in [0.5, 0.6) is 5.75 Å². The summed E-state index contributed by atoms with van der Waals surface area (Å²) in [4.78, 5) is 25.2. The monoisotopic (exact) mass is 457 g/mol. The number of carbonyl (C=O) groups excluding carboxylic acids is 1. The van der Waals surface area contributed by atoms with E-state index in [1.807, 2.05) is 6.92 Å². The molecular formula is C20H19ClF3N3O4. The first kappa shape index (κ1) is 21.5. The van der Waals surface area contributed by atoms with E-state index in [0.717, 1.165) is 10.7 Å². The number of rotatable bonds is 3. The highest BCUT2D eigenvalue weighted by Gasteiger charge is 2.52. The van der Waals surface area contributed by atoms with Crippen molar-refractivity contribution in [3.05, 3.63) is 46.7 Å². The molecule has 4 rings (SSSR count). The minimum atomic E-state index is -4.56. The van der Waals surface area contributed by atoms with Crippen LogP contribution in [-0.4, -0.2) is 51.0 Å². The molecule has 1 aliphatic carbocycles. The molecular weight excluding hydrogens is 439 g/mol. The van der Waals surface area contributed by atoms with Gasteiger partial charge in [0.15, 0.2) is 5.69 Å². The molecule has 0 unspecified atom stereocenters. The van der Waals surface area contributed by atoms with Gasteiger partial charge in [0.25, 0.3) is 0 Å². The van der Waals surface area contributed by atoms with Gasteiger partial charge >= 0.3 is 18.2 Å². The van der Waals surface area contributed by atoms with Crippen LogP contribution in [0.2, 0.25) is 5.02 Å². The number of halogens is 4. The molecule has 1 saturated heterocycles. The Morgan fingerprint density at radius 2 is 2.06 bits per heavy atom. The summed E-state index contributed by atoms with van der Waals surface area (Å²) >= 11 is 5.87. The number of carboxylic acid groups (broad SMARTS) is 1. The molecule has 1 aliphatic heterocycles. The molecule has 1 aromatic heterocycles. The summed E-state index contributed by atoms with van der Waals surface area (Å²) < 4.78 is 46.6. The maximum Gasteiger partial charge on any atom is 0.419 e. The van der Waals surface area contributed by atoms with Gasteiger partial charge < -0.3 is 14.7 Å². The summed E-state index contributed by atoms with van der Waals surface area (Å²) in [6.45, 7) is 2.74. The number of ether oxygens (including phenoxy) is 1. The fraction of sp³-hybridized carbons (Fsp3) is 0.450. The Bertz CT molecular complexity index is 1040. The maximum atomic E-state index is 13.3. The maximum absolute atomic E-state index is 13.3. The first-order chi connectivity index (χ1) is 14.5. The second kappa shape index (κ2) is 7.44. The minimum absolute atomic E-state index is 0.0319. The zero-order chi connectivity index (χ0) is 22.6. The van der Waals surface area contributed by atoms with Crippen molar-refractivity contribution in [3.63, 3.8) is 0 Å². The number of fused-ring (bicyclic) bond motifs is 1. The zero-order valence-electron chi connectivity index (χ0n) is 16.4. The van der Waals surface area contributed by atoms with Crippen molar-refractivity contribution in [3.8, 4) is 5.75 Å². The molecule has 2 aromatic rings. The summed E-state index contributed by atoms with van der Waals surface area (Å²) in [5.41, 5.74) is -1.43. The molecule has 31 heavy (non-hydrogen) atoms. The second-order valence-electron chi connectivity index (χ2n) is 8.28. The van der Waals surface area contributed by atoms with Crippen molar-refractivity contribution in [1.29, 1.82) is 0 Å². The van der Waals surface area contributed by atoms with Gasteiger partial charge in [-0.15, -0.1) is 0 Å². The van der Waals surface area contributed by atoms with Gasteiger partial charge in [-0.2, -0.15) is 23.0 Å². The first-order valence-corrected chi connectivity index (χ1v) is 9.96. The van der Waals surface area contributed by atoms with E-state index >= 15 is 0 Å². The van der Waals surface area contributed by atoms with Gasteiger partial charge in [-0.1, -0.05) is 18.5 Å². The predicted molar refractivity (Wildman–Crippen MR) is 103 cm³/mol. The Labute approximate surface area is 180 Å². The fourth-order valence-corrected chi connectivity index (χ4v) is 4.72. The van der Waals surface area contributed by atoms with Gasteiger partial charge in [-0.3, -0.25) is 0 Å². The van der Waals surface area contributed by atoms with Gasteiger partial charge in [0.2, 0.25) is 0 Å². The molecule has 1 amide bonds. The molecule has 11 heteroatoms. The molecule has 3 atom stereocenters. The Balaban J connectivity index is 1.45. The van der Waals surface area contributed by atoms with Crippen LogP contribution in [0.4, 0.5) is 18.0 Å². The molecule has 0 spiro atoms. The van der Waals surface area contributed by atoms with Crippen molar-refractivity contribution < 1.29 is 32.6 Å². The van der Waals surface area contributed by atoms with Crippen molar-refractivity contribution in [1.82, 2.24) is 14.7 Å². The standard InChI is InChI=1S/C20H19ClF3N3O4/c1-19-8-13(31-16-7-12(21)2-3-14(16)20(22,23)24)6-11(19)9-26(10-19)18(30)27-5-4-15(25-27)17(28)29/h2-5,7,11,13H,6,8-10H2,1H3,(H,28,29)/t11-,13+,19+/m1/s1. The van der Waals surface area contributed by atoms with E-state index in [-0.39, 0.29) is 27.8 Å². The number of amides is 1. The van der Waals surface area contributed by atoms with Crippen molar-refractivity contribution >= 4 is 23.6 Å². The predicted octanol–water partition coefficient (Wildman–Crippen LogP) is 4.40. The Morgan fingerprint density at radius 1 is 1.32 bits per heavy atom. The average Bonchev–Trinajstić information content (AvgIpc) is 3.32. The Hall–Kier alpha value is -2.75. The number of aromatic carboxylic acids is 1. The lowest BCUT2D eigenvalue weighted by Gasteiger charge is -2.25. The molecule has 0 bridgehead atoms. The Morgan fingerprint density at radius 3 is 2.68 bits per heavy atom. The number of alkyl halides is 3. The number of benzene rings is 1. The third-order valence-electron chi connectivity index (χ3n) is 6.04. The highest BCUT2D eigenvalue weighted by molar-refractivity contribution is 6.30. The number of carboxylic acids is 1. The lowest BCUT2D eigenvalue weighted by atomic mass is 9.83. The molecule has 2 heterocycles. The van der Waals surface area contributed by atoms with E-state index in [1.54, 1.807) is 4.90 Å². The van der Waals surface area contributed by atoms with Gasteiger partial charge in [-0.25, -0.2) is 9.59 Å². The van der Waals surface area contributed by atoms with E-state index in [1.165, 1.54) is 24.4 Å². The molecule has 2 aliphatic rings. The number of hydrogen-bond acceptors (Lipinski definition) is 4. The fourth-order valence-electron chi connectivity index (χ4n) is 4.56. The van der Waals surface area contributed by atoms with Crippen LogP contribution in [0.3, 0.4) is 0 Å². The zero-order valence-corrected chi connectivity index (χ0v) is 17.2. The van der Waals surface area contributed by atoms with E-state index in [2.05, 4.69) is 5.10 Å². The van der Waals surface area contributed by atoms with Crippen LogP contribution < -0.4 is 4.74 Å². The highest BCUT2D eigenvalue weighted by Crippen LogP contribution is 2.50. The van der Waals surface area contributed by atoms with Crippen LogP contribution in [-0.2, 0) is 6.18 Å². The summed E-state index contributed by atoms with van der Waals surface area (Å²) in [7, 11) is 0. The summed E-state index contributed by atoms with van der Waals surface area (Å²) in [6.07, 6.45) is -2.73. The largest absolute Gasteiger partial charge is 0.490 e. The molecule has 1 aromatic carbocycles. The normalized spacial score (nSPS) is 25.5. The summed E-state index contributed by atoms with van der Waals surface area (Å²) in [5, 5.41) is 12.9. The van der Waals surface area contributed by atoms with Crippen LogP contribution in [0.15, 0.2) is 30.5 Å². The topological polar surface area (TPSA) is 84.7 Å². The van der Waals surface area contributed by atoms with Crippen molar-refractivity contribution in [2.45, 2.75) is 32.0 Å². The number of hydrogen-bond donors (Lipinski definition) is 1. The third-order valence-corrected chi connectivity index (χ3v) is 6.27. The van der Waals surface area contributed by atoms with Crippen LogP contribution >= 0.6 is 11.6 Å². The SMILES string of the molecule is C[C@@]12C[C@@H](Oc3cc(Cl)ccc3C(F)(F)F)C[C@@H]1CN(C(=O)n1ccc(C(=O)O)n1)C2. The van der Waals surface area contributed by atoms with Crippen LogP contribution in [0.1, 0.15) is 35.8 Å². The van der Waals surface area contributed by atoms with Crippen molar-refractivity contribution in [2.75, 3.05) is 13.1 Å². The number of nitrogens with zero attached hydrogens (tertiary/aromatic N) is 3. The van der Waals surface area contributed by atoms with Crippen molar-refractivity contribution in [2.24, 2.45) is 11.3 Å². The molecule has 7 nitrogen and oxygen atoms in total. The molecule has 1 N–H and O–H groups in total. The van der Waals surface area contributed by atoms with Crippen LogP contribution in [0.25, 0.3) is 0 Å². The lowest BCUT2D eigenvalue weighted by molar-refractivity contribution is -0.139. The molecule has 0 radical (unpaired) electrons. The summed E-state index contributed by atoms with van der Waals surface area (Å²) in [5.74, 6) is -1.49. The molecule has 166 valence electrons. The smallest absolute Gasteiger partial charge is 0.419 e. The minimum Gasteiger partial charge on any atom is -0.490 e. The van der Waals surface area contributed by atoms with E-state index < -0.39 is 29.8 Å². The second-order valence-corrected chi connectivity index (χ2v) is 8.72. The van der Waals surface area contributed by atoms with Gasteiger partial charge in [-0.05, 0) is 48.4 Å². The third kappa shape index (κ3) is 4.08. The quantitative estimate of drug-likeness (QED) is 0.738. The molecule has 1 saturated carbocycles. The highest BCUT2D eigenvalue weighted by atomic mass is 35.5. The lowest BCUT2D eigenvalue weighted by Crippen LogP contribution is -2.36. The van der Waals surface area contributed by atoms with E-state index in [9.17, 15) is 22.8 Å². The van der Waals surface area contributed by atoms with E-state index in [4.69, 9.17) is 21.4 Å². The summed E-state index contributed by atoms with van der Waals surface area (Å²) in [6, 6.07) is 4.07. The number of likely N-dealkylation sites (tertiary alicyclic amines) is 1. The Kier molecular flexibility index (Phi) is 5.15. The van der Waals surface area contributed by atoms with E-state index in [0.29, 0.717) is 25.9 Å². The van der Waals surface area contributed by atoms with Crippen LogP contribution in [0, 0.1) is 11.3 Å². The van der Waals surface area contributed by atoms with Gasteiger partial charge in [0, 0.05) is 24.3 Å². The van der Waals surface area contributed by atoms with Gasteiger partial charge in [0.1, 0.15) is 5.75 Å². The number of carbonyl (C=O) groups is 2. The first-order valence-electron chi connectivity index (χ1n) is 9.58. The molecule has 2 fully saturated rings. The van der Waals surface area contributed by atoms with Gasteiger partial charge in [0.05, 0.1) is 11.7 Å². The average molecular weight is 458 g/mol. The number of aromatic nitrogens is 2.